The molecule has 0 saturated heterocycles. The Bertz CT molecular complexity index is 866. The highest BCUT2D eigenvalue weighted by Crippen LogP contribution is 2.28. The van der Waals surface area contributed by atoms with Gasteiger partial charge in [-0.15, -0.1) is 0 Å². The number of rotatable bonds is 3. The van der Waals surface area contributed by atoms with Gasteiger partial charge in [0, 0.05) is 0 Å². The number of benzene rings is 2. The predicted molar refractivity (Wildman–Crippen MR) is 92.7 cm³/mol. The maximum Gasteiger partial charge on any atom is 0.334 e. The smallest absolute Gasteiger partial charge is 0.334 e. The van der Waals surface area contributed by atoms with Crippen molar-refractivity contribution in [2.75, 3.05) is 0 Å². The topological polar surface area (TPSA) is 63.7 Å². The fourth-order valence-corrected chi connectivity index (χ4v) is 2.93. The first kappa shape index (κ1) is 16.9. The van der Waals surface area contributed by atoms with Crippen LogP contribution < -0.4 is 4.74 Å². The minimum atomic E-state index is -1.01. The minimum absolute atomic E-state index is 0.315. The summed E-state index contributed by atoms with van der Waals surface area (Å²) in [7, 11) is 0. The number of carbonyl (C=O) groups excluding carboxylic acids is 3. The van der Waals surface area contributed by atoms with Crippen molar-refractivity contribution in [3.05, 3.63) is 64.2 Å². The zero-order valence-electron chi connectivity index (χ0n) is 14.6. The van der Waals surface area contributed by atoms with Crippen LogP contribution in [0.25, 0.3) is 0 Å². The average Bonchev–Trinajstić information content (AvgIpc) is 2.86. The maximum atomic E-state index is 12.6. The summed E-state index contributed by atoms with van der Waals surface area (Å²) in [6, 6.07) is 9.37. The molecule has 5 nitrogen and oxygen atoms in total. The number of nitrogens with zero attached hydrogens (tertiary/aromatic N) is 1. The number of hydrogen-bond acceptors (Lipinski definition) is 4. The third-order valence-corrected chi connectivity index (χ3v) is 4.63. The number of fused-ring (bicyclic) bond motifs is 1. The molecule has 0 saturated carbocycles. The quantitative estimate of drug-likeness (QED) is 0.490. The van der Waals surface area contributed by atoms with E-state index in [1.165, 1.54) is 6.92 Å². The summed E-state index contributed by atoms with van der Waals surface area (Å²) in [6.45, 7) is 7.16. The summed E-state index contributed by atoms with van der Waals surface area (Å²) in [5.74, 6) is -1.09. The number of imide groups is 1. The van der Waals surface area contributed by atoms with Crippen LogP contribution in [0.1, 0.15) is 44.3 Å². The van der Waals surface area contributed by atoms with Gasteiger partial charge in [0.05, 0.1) is 11.1 Å². The van der Waals surface area contributed by atoms with Crippen molar-refractivity contribution in [1.29, 1.82) is 0 Å². The van der Waals surface area contributed by atoms with Crippen LogP contribution in [0.2, 0.25) is 0 Å². The Hall–Kier alpha value is -2.95. The zero-order valence-corrected chi connectivity index (χ0v) is 14.6. The molecule has 5 heteroatoms. The summed E-state index contributed by atoms with van der Waals surface area (Å²) in [4.78, 5) is 38.5. The summed E-state index contributed by atoms with van der Waals surface area (Å²) in [5.41, 5.74) is 3.32. The Morgan fingerprint density at radius 1 is 0.920 bits per heavy atom. The largest absolute Gasteiger partial charge is 0.424 e. The maximum absolute atomic E-state index is 12.6. The summed E-state index contributed by atoms with van der Waals surface area (Å²) < 4.78 is 5.54. The van der Waals surface area contributed by atoms with E-state index < -0.39 is 23.8 Å². The molecule has 2 amide bonds. The van der Waals surface area contributed by atoms with Crippen molar-refractivity contribution in [1.82, 2.24) is 4.90 Å². The van der Waals surface area contributed by atoms with E-state index >= 15 is 0 Å². The van der Waals surface area contributed by atoms with E-state index in [1.807, 2.05) is 32.9 Å². The molecule has 1 aliphatic rings. The molecule has 3 rings (SSSR count). The number of ether oxygens (including phenoxy) is 1. The van der Waals surface area contributed by atoms with Crippen LogP contribution in [0, 0.1) is 20.8 Å². The monoisotopic (exact) mass is 337 g/mol. The van der Waals surface area contributed by atoms with Gasteiger partial charge in [-0.2, -0.15) is 0 Å². The second kappa shape index (κ2) is 6.16. The Morgan fingerprint density at radius 2 is 1.44 bits per heavy atom. The number of aryl methyl sites for hydroxylation is 2. The molecule has 0 bridgehead atoms. The first-order chi connectivity index (χ1) is 11.8. The van der Waals surface area contributed by atoms with E-state index in [2.05, 4.69) is 0 Å². The van der Waals surface area contributed by atoms with Crippen LogP contribution in [0.3, 0.4) is 0 Å². The van der Waals surface area contributed by atoms with Gasteiger partial charge in [0.15, 0.2) is 0 Å². The summed E-state index contributed by atoms with van der Waals surface area (Å²) in [5, 5.41) is 0. The van der Waals surface area contributed by atoms with Gasteiger partial charge in [-0.1, -0.05) is 24.3 Å². The van der Waals surface area contributed by atoms with Gasteiger partial charge < -0.3 is 4.74 Å². The van der Waals surface area contributed by atoms with Crippen molar-refractivity contribution in [2.45, 2.75) is 33.7 Å². The molecular weight excluding hydrogens is 318 g/mol. The molecule has 25 heavy (non-hydrogen) atoms. The molecule has 0 aliphatic carbocycles. The molecule has 2 aromatic rings. The fraction of sp³-hybridized carbons (Fsp3) is 0.250. The van der Waals surface area contributed by atoms with Crippen LogP contribution in [0.15, 0.2) is 36.4 Å². The molecule has 2 aromatic carbocycles. The zero-order chi connectivity index (χ0) is 18.3. The van der Waals surface area contributed by atoms with Crippen LogP contribution in [-0.2, 0) is 4.79 Å². The van der Waals surface area contributed by atoms with E-state index in [9.17, 15) is 14.4 Å². The van der Waals surface area contributed by atoms with Gasteiger partial charge in [-0.3, -0.25) is 14.5 Å². The van der Waals surface area contributed by atoms with Crippen molar-refractivity contribution >= 4 is 17.8 Å². The second-order valence-corrected chi connectivity index (χ2v) is 6.28. The van der Waals surface area contributed by atoms with E-state index in [-0.39, 0.29) is 0 Å². The highest BCUT2D eigenvalue weighted by molar-refractivity contribution is 6.22. The molecule has 0 unspecified atom stereocenters. The first-order valence-corrected chi connectivity index (χ1v) is 8.08. The van der Waals surface area contributed by atoms with Crippen molar-refractivity contribution < 1.29 is 19.1 Å². The summed E-state index contributed by atoms with van der Waals surface area (Å²) in [6.07, 6.45) is 0. The van der Waals surface area contributed by atoms with Gasteiger partial charge in [-0.05, 0) is 56.5 Å². The van der Waals surface area contributed by atoms with E-state index in [0.717, 1.165) is 21.6 Å². The SMILES string of the molecule is Cc1ccc(C)c(OC(=O)[C@H](C)N2C(=O)c3ccccc3C2=O)c1C. The van der Waals surface area contributed by atoms with Gasteiger partial charge >= 0.3 is 5.97 Å². The van der Waals surface area contributed by atoms with Crippen molar-refractivity contribution in [3.8, 4) is 5.75 Å². The van der Waals surface area contributed by atoms with Crippen LogP contribution in [0.4, 0.5) is 0 Å². The summed E-state index contributed by atoms with van der Waals surface area (Å²) >= 11 is 0. The highest BCUT2D eigenvalue weighted by atomic mass is 16.5. The molecule has 0 spiro atoms. The average molecular weight is 337 g/mol. The lowest BCUT2D eigenvalue weighted by Gasteiger charge is -2.22. The lowest BCUT2D eigenvalue weighted by Crippen LogP contribution is -2.44. The predicted octanol–water partition coefficient (Wildman–Crippen LogP) is 3.20. The standard InChI is InChI=1S/C20H19NO4/c1-11-9-10-12(2)17(13(11)3)25-20(24)14(4)21-18(22)15-7-5-6-8-16(15)19(21)23/h5-10,14H,1-4H3/t14-/m0/s1. The van der Waals surface area contributed by atoms with Crippen molar-refractivity contribution in [3.63, 3.8) is 0 Å². The van der Waals surface area contributed by atoms with Crippen LogP contribution in [0.5, 0.6) is 5.75 Å². The Balaban J connectivity index is 1.87. The molecule has 128 valence electrons. The highest BCUT2D eigenvalue weighted by Gasteiger charge is 2.41. The van der Waals surface area contributed by atoms with Crippen LogP contribution >= 0.6 is 0 Å². The fourth-order valence-electron chi connectivity index (χ4n) is 2.93. The molecule has 0 N–H and O–H groups in total. The number of amides is 2. The van der Waals surface area contributed by atoms with E-state index in [0.29, 0.717) is 16.9 Å². The Labute approximate surface area is 146 Å². The third-order valence-electron chi connectivity index (χ3n) is 4.63. The number of esters is 1. The van der Waals surface area contributed by atoms with Crippen molar-refractivity contribution in [2.24, 2.45) is 0 Å². The molecular formula is C20H19NO4. The van der Waals surface area contributed by atoms with Gasteiger partial charge in [0.25, 0.3) is 11.8 Å². The van der Waals surface area contributed by atoms with Crippen LogP contribution in [-0.4, -0.2) is 28.7 Å². The Kier molecular flexibility index (Phi) is 4.17. The van der Waals surface area contributed by atoms with E-state index in [4.69, 9.17) is 4.74 Å². The lowest BCUT2D eigenvalue weighted by atomic mass is 10.1. The normalized spacial score (nSPS) is 14.5. The van der Waals surface area contributed by atoms with E-state index in [1.54, 1.807) is 24.3 Å². The second-order valence-electron chi connectivity index (χ2n) is 6.28. The molecule has 1 heterocycles. The number of hydrogen-bond donors (Lipinski definition) is 0. The third kappa shape index (κ3) is 2.71. The lowest BCUT2D eigenvalue weighted by molar-refractivity contribution is -0.138. The first-order valence-electron chi connectivity index (χ1n) is 8.08. The minimum Gasteiger partial charge on any atom is -0.424 e. The molecule has 1 atom stereocenters. The molecule has 0 fully saturated rings. The van der Waals surface area contributed by atoms with Gasteiger partial charge in [-0.25, -0.2) is 4.79 Å². The Morgan fingerprint density at radius 3 is 2.00 bits per heavy atom. The molecule has 1 aliphatic heterocycles. The van der Waals surface area contributed by atoms with Gasteiger partial charge in [0.2, 0.25) is 0 Å². The van der Waals surface area contributed by atoms with Gasteiger partial charge in [0.1, 0.15) is 11.8 Å². The molecule has 0 radical (unpaired) electrons. The molecule has 0 aromatic heterocycles. The number of carbonyl (C=O) groups is 3.